The summed E-state index contributed by atoms with van der Waals surface area (Å²) in [5, 5.41) is 3.37. The lowest BCUT2D eigenvalue weighted by Crippen LogP contribution is -2.43. The zero-order valence-electron chi connectivity index (χ0n) is 10.6. The number of nitrogens with zero attached hydrogens (tertiary/aromatic N) is 2. The molecule has 1 saturated heterocycles. The molecule has 1 aliphatic heterocycles. The van der Waals surface area contributed by atoms with E-state index in [1.807, 2.05) is 12.4 Å². The summed E-state index contributed by atoms with van der Waals surface area (Å²) in [7, 11) is 0. The van der Waals surface area contributed by atoms with Gasteiger partial charge in [0.2, 0.25) is 0 Å². The Balaban J connectivity index is 2.08. The zero-order chi connectivity index (χ0) is 12.1. The van der Waals surface area contributed by atoms with Gasteiger partial charge in [0.05, 0.1) is 37.0 Å². The van der Waals surface area contributed by atoms with Crippen LogP contribution in [-0.2, 0) is 4.74 Å². The van der Waals surface area contributed by atoms with E-state index in [1.54, 1.807) is 0 Å². The molecule has 2 heterocycles. The highest BCUT2D eigenvalue weighted by Crippen LogP contribution is 2.21. The number of hydrogen-bond acceptors (Lipinski definition) is 4. The average molecular weight is 235 g/mol. The van der Waals surface area contributed by atoms with Crippen molar-refractivity contribution in [2.75, 3.05) is 36.5 Å². The first-order chi connectivity index (χ1) is 8.31. The Morgan fingerprint density at radius 2 is 2.41 bits per heavy atom. The van der Waals surface area contributed by atoms with Gasteiger partial charge in [-0.05, 0) is 19.4 Å². The number of anilines is 2. The van der Waals surface area contributed by atoms with E-state index in [9.17, 15) is 0 Å². The van der Waals surface area contributed by atoms with E-state index in [0.29, 0.717) is 6.04 Å². The number of hydrogen-bond donors (Lipinski definition) is 1. The Kier molecular flexibility index (Phi) is 4.20. The van der Waals surface area contributed by atoms with E-state index in [0.717, 1.165) is 38.4 Å². The Morgan fingerprint density at radius 3 is 3.18 bits per heavy atom. The molecule has 1 fully saturated rings. The molecule has 94 valence electrons. The number of rotatable bonds is 4. The quantitative estimate of drug-likeness (QED) is 0.867. The molecule has 0 saturated carbocycles. The van der Waals surface area contributed by atoms with Gasteiger partial charge in [-0.15, -0.1) is 0 Å². The van der Waals surface area contributed by atoms with Crippen LogP contribution in [0.25, 0.3) is 0 Å². The minimum Gasteiger partial charge on any atom is -0.384 e. The first-order valence-corrected chi connectivity index (χ1v) is 6.34. The van der Waals surface area contributed by atoms with E-state index in [-0.39, 0.29) is 0 Å². The highest BCUT2D eigenvalue weighted by molar-refractivity contribution is 5.56. The standard InChI is InChI=1S/C13H21N3O/c1-3-4-15-12-7-13(9-14-8-12)16-5-6-17-10-11(16)2/h7-9,11,15H,3-6,10H2,1-2H3. The van der Waals surface area contributed by atoms with Crippen molar-refractivity contribution in [1.82, 2.24) is 4.98 Å². The van der Waals surface area contributed by atoms with E-state index >= 15 is 0 Å². The summed E-state index contributed by atoms with van der Waals surface area (Å²) in [5.41, 5.74) is 2.28. The third kappa shape index (κ3) is 3.09. The summed E-state index contributed by atoms with van der Waals surface area (Å²) in [6.45, 7) is 7.88. The molecule has 0 radical (unpaired) electrons. The van der Waals surface area contributed by atoms with Gasteiger partial charge in [0.1, 0.15) is 0 Å². The van der Waals surface area contributed by atoms with Crippen LogP contribution < -0.4 is 10.2 Å². The number of pyridine rings is 1. The van der Waals surface area contributed by atoms with E-state index in [1.165, 1.54) is 5.69 Å². The van der Waals surface area contributed by atoms with Crippen LogP contribution in [0.2, 0.25) is 0 Å². The lowest BCUT2D eigenvalue weighted by Gasteiger charge is -2.35. The predicted octanol–water partition coefficient (Wildman–Crippen LogP) is 2.13. The van der Waals surface area contributed by atoms with Crippen molar-refractivity contribution in [3.8, 4) is 0 Å². The monoisotopic (exact) mass is 235 g/mol. The van der Waals surface area contributed by atoms with Crippen LogP contribution in [0.3, 0.4) is 0 Å². The second kappa shape index (κ2) is 5.87. The fourth-order valence-electron chi connectivity index (χ4n) is 2.06. The normalized spacial score (nSPS) is 20.4. The van der Waals surface area contributed by atoms with Gasteiger partial charge in [0.15, 0.2) is 0 Å². The average Bonchev–Trinajstić information content (AvgIpc) is 2.37. The maximum absolute atomic E-state index is 5.45. The van der Waals surface area contributed by atoms with E-state index in [4.69, 9.17) is 4.74 Å². The molecular weight excluding hydrogens is 214 g/mol. The van der Waals surface area contributed by atoms with Gasteiger partial charge >= 0.3 is 0 Å². The van der Waals surface area contributed by atoms with Crippen LogP contribution in [0, 0.1) is 0 Å². The summed E-state index contributed by atoms with van der Waals surface area (Å²) < 4.78 is 5.45. The van der Waals surface area contributed by atoms with E-state index in [2.05, 4.69) is 35.1 Å². The van der Waals surface area contributed by atoms with Crippen molar-refractivity contribution in [3.05, 3.63) is 18.5 Å². The number of ether oxygens (including phenoxy) is 1. The molecule has 17 heavy (non-hydrogen) atoms. The van der Waals surface area contributed by atoms with Crippen molar-refractivity contribution in [3.63, 3.8) is 0 Å². The Morgan fingerprint density at radius 1 is 1.53 bits per heavy atom. The van der Waals surface area contributed by atoms with Gasteiger partial charge in [-0.3, -0.25) is 4.98 Å². The highest BCUT2D eigenvalue weighted by atomic mass is 16.5. The molecule has 1 N–H and O–H groups in total. The molecule has 0 spiro atoms. The molecule has 0 bridgehead atoms. The minimum atomic E-state index is 0.423. The lowest BCUT2D eigenvalue weighted by atomic mass is 10.2. The summed E-state index contributed by atoms with van der Waals surface area (Å²) in [4.78, 5) is 6.66. The van der Waals surface area contributed by atoms with Crippen molar-refractivity contribution in [1.29, 1.82) is 0 Å². The first-order valence-electron chi connectivity index (χ1n) is 6.34. The molecule has 4 heteroatoms. The Bertz CT molecular complexity index is 356. The third-order valence-electron chi connectivity index (χ3n) is 3.00. The maximum Gasteiger partial charge on any atom is 0.0668 e. The van der Waals surface area contributed by atoms with Gasteiger partial charge in [-0.1, -0.05) is 6.92 Å². The molecular formula is C13H21N3O. The second-order valence-corrected chi connectivity index (χ2v) is 4.48. The molecule has 0 aromatic carbocycles. The molecule has 0 amide bonds. The fraction of sp³-hybridized carbons (Fsp3) is 0.615. The van der Waals surface area contributed by atoms with E-state index < -0.39 is 0 Å². The summed E-state index contributed by atoms with van der Waals surface area (Å²) in [6, 6.07) is 2.59. The van der Waals surface area contributed by atoms with Crippen LogP contribution in [-0.4, -0.2) is 37.3 Å². The van der Waals surface area contributed by atoms with Gasteiger partial charge in [-0.25, -0.2) is 0 Å². The molecule has 0 aliphatic carbocycles. The van der Waals surface area contributed by atoms with Crippen LogP contribution >= 0.6 is 0 Å². The molecule has 1 aliphatic rings. The Labute approximate surface area is 103 Å². The second-order valence-electron chi connectivity index (χ2n) is 4.48. The Hall–Kier alpha value is -1.29. The molecule has 4 nitrogen and oxygen atoms in total. The van der Waals surface area contributed by atoms with Crippen molar-refractivity contribution >= 4 is 11.4 Å². The van der Waals surface area contributed by atoms with Crippen molar-refractivity contribution < 1.29 is 4.74 Å². The van der Waals surface area contributed by atoms with Crippen molar-refractivity contribution in [2.24, 2.45) is 0 Å². The van der Waals surface area contributed by atoms with Crippen LogP contribution in [0.15, 0.2) is 18.5 Å². The number of nitrogens with one attached hydrogen (secondary N) is 1. The number of aromatic nitrogens is 1. The first kappa shape index (κ1) is 12.2. The molecule has 1 unspecified atom stereocenters. The smallest absolute Gasteiger partial charge is 0.0668 e. The molecule has 1 aromatic heterocycles. The minimum absolute atomic E-state index is 0.423. The van der Waals surface area contributed by atoms with Gasteiger partial charge in [-0.2, -0.15) is 0 Å². The summed E-state index contributed by atoms with van der Waals surface area (Å²) >= 11 is 0. The predicted molar refractivity (Wildman–Crippen MR) is 70.6 cm³/mol. The maximum atomic E-state index is 5.45. The summed E-state index contributed by atoms with van der Waals surface area (Å²) in [5.74, 6) is 0. The lowest BCUT2D eigenvalue weighted by molar-refractivity contribution is 0.0989. The third-order valence-corrected chi connectivity index (χ3v) is 3.00. The molecule has 1 aromatic rings. The topological polar surface area (TPSA) is 37.4 Å². The van der Waals surface area contributed by atoms with Crippen LogP contribution in [0.5, 0.6) is 0 Å². The fourth-order valence-corrected chi connectivity index (χ4v) is 2.06. The largest absolute Gasteiger partial charge is 0.384 e. The van der Waals surface area contributed by atoms with Gasteiger partial charge < -0.3 is 15.0 Å². The highest BCUT2D eigenvalue weighted by Gasteiger charge is 2.19. The molecule has 1 atom stereocenters. The summed E-state index contributed by atoms with van der Waals surface area (Å²) in [6.07, 6.45) is 4.93. The van der Waals surface area contributed by atoms with Crippen LogP contribution in [0.4, 0.5) is 11.4 Å². The number of morpholine rings is 1. The van der Waals surface area contributed by atoms with Gasteiger partial charge in [0, 0.05) is 19.1 Å². The van der Waals surface area contributed by atoms with Gasteiger partial charge in [0.25, 0.3) is 0 Å². The van der Waals surface area contributed by atoms with Crippen molar-refractivity contribution in [2.45, 2.75) is 26.3 Å². The zero-order valence-corrected chi connectivity index (χ0v) is 10.6. The SMILES string of the molecule is CCCNc1cncc(N2CCOCC2C)c1. The van der Waals surface area contributed by atoms with Crippen LogP contribution in [0.1, 0.15) is 20.3 Å². The molecule has 2 rings (SSSR count).